The van der Waals surface area contributed by atoms with Crippen LogP contribution in [0.15, 0.2) is 159 Å². The Labute approximate surface area is 254 Å². The molecule has 0 amide bonds. The molecule has 0 unspecified atom stereocenters. The maximum atomic E-state index is 3.92. The molecule has 0 aromatic heterocycles. The molecule has 206 valence electrons. The highest BCUT2D eigenvalue weighted by atomic mass is 15.1. The van der Waals surface area contributed by atoms with Gasteiger partial charge in [0, 0.05) is 34.1 Å². The molecule has 0 bridgehead atoms. The zero-order valence-electron chi connectivity index (χ0n) is 24.0. The van der Waals surface area contributed by atoms with Crippen LogP contribution in [0.3, 0.4) is 0 Å². The molecular formula is C41H32N2. The molecule has 1 aliphatic rings. The first kappa shape index (κ1) is 26.3. The second-order valence-electron chi connectivity index (χ2n) is 10.8. The Morgan fingerprint density at radius 2 is 0.837 bits per heavy atom. The van der Waals surface area contributed by atoms with Gasteiger partial charge in [0.15, 0.2) is 0 Å². The molecule has 0 spiro atoms. The number of fused-ring (bicyclic) bond motifs is 3. The molecule has 0 saturated carbocycles. The maximum Gasteiger partial charge on any atom is 0.0467 e. The third kappa shape index (κ3) is 5.05. The number of hydrogen-bond donors (Lipinski definition) is 0. The van der Waals surface area contributed by atoms with E-state index in [1.807, 2.05) is 12.2 Å². The lowest BCUT2D eigenvalue weighted by Crippen LogP contribution is -2.10. The van der Waals surface area contributed by atoms with Gasteiger partial charge in [-0.2, -0.15) is 0 Å². The van der Waals surface area contributed by atoms with E-state index in [2.05, 4.69) is 169 Å². The van der Waals surface area contributed by atoms with Gasteiger partial charge in [0.05, 0.1) is 0 Å². The minimum absolute atomic E-state index is 0.913. The van der Waals surface area contributed by atoms with E-state index in [0.717, 1.165) is 51.7 Å². The van der Waals surface area contributed by atoms with Crippen LogP contribution in [0.5, 0.6) is 0 Å². The Balaban J connectivity index is 1.29. The van der Waals surface area contributed by atoms with Gasteiger partial charge in [0.25, 0.3) is 0 Å². The summed E-state index contributed by atoms with van der Waals surface area (Å²) in [5, 5.41) is 0. The molecule has 0 aliphatic heterocycles. The number of para-hydroxylation sites is 2. The van der Waals surface area contributed by atoms with Crippen LogP contribution in [-0.4, -0.2) is 0 Å². The molecule has 0 fully saturated rings. The van der Waals surface area contributed by atoms with E-state index in [9.17, 15) is 0 Å². The third-order valence-corrected chi connectivity index (χ3v) is 8.17. The van der Waals surface area contributed by atoms with Crippen LogP contribution in [0.25, 0.3) is 23.3 Å². The van der Waals surface area contributed by atoms with E-state index in [-0.39, 0.29) is 0 Å². The van der Waals surface area contributed by atoms with Crippen molar-refractivity contribution >= 4 is 46.3 Å². The molecule has 0 heterocycles. The van der Waals surface area contributed by atoms with Crippen molar-refractivity contribution in [1.82, 2.24) is 0 Å². The van der Waals surface area contributed by atoms with Crippen LogP contribution in [0.1, 0.15) is 22.3 Å². The van der Waals surface area contributed by atoms with E-state index >= 15 is 0 Å². The second-order valence-corrected chi connectivity index (χ2v) is 10.8. The number of benzene rings is 6. The highest BCUT2D eigenvalue weighted by molar-refractivity contribution is 5.87. The molecule has 0 N–H and O–H groups in total. The monoisotopic (exact) mass is 552 g/mol. The Kier molecular flexibility index (Phi) is 6.94. The minimum atomic E-state index is 0.913. The van der Waals surface area contributed by atoms with Crippen LogP contribution in [0.4, 0.5) is 34.1 Å². The topological polar surface area (TPSA) is 6.48 Å². The van der Waals surface area contributed by atoms with Crippen molar-refractivity contribution in [2.75, 3.05) is 9.80 Å². The summed E-state index contributed by atoms with van der Waals surface area (Å²) in [6.07, 6.45) is 4.68. The summed E-state index contributed by atoms with van der Waals surface area (Å²) in [6.45, 7) is 7.84. The average molecular weight is 553 g/mol. The maximum absolute atomic E-state index is 3.92. The van der Waals surface area contributed by atoms with Crippen LogP contribution in [-0.2, 0) is 6.42 Å². The molecule has 2 heteroatoms. The van der Waals surface area contributed by atoms with Gasteiger partial charge < -0.3 is 9.80 Å². The number of anilines is 6. The van der Waals surface area contributed by atoms with Crippen molar-refractivity contribution in [1.29, 1.82) is 0 Å². The number of nitrogens with zero attached hydrogens (tertiary/aromatic N) is 2. The lowest BCUT2D eigenvalue weighted by molar-refractivity contribution is 1.23. The molecule has 6 aromatic carbocycles. The van der Waals surface area contributed by atoms with E-state index in [4.69, 9.17) is 0 Å². The smallest absolute Gasteiger partial charge is 0.0467 e. The lowest BCUT2D eigenvalue weighted by atomic mass is 10.0. The number of hydrogen-bond acceptors (Lipinski definition) is 2. The summed E-state index contributed by atoms with van der Waals surface area (Å²) in [5.74, 6) is 0. The van der Waals surface area contributed by atoms with Crippen molar-refractivity contribution in [2.45, 2.75) is 6.42 Å². The highest BCUT2D eigenvalue weighted by Gasteiger charge is 2.23. The van der Waals surface area contributed by atoms with Crippen molar-refractivity contribution in [2.24, 2.45) is 0 Å². The summed E-state index contributed by atoms with van der Waals surface area (Å²) < 4.78 is 0. The molecule has 0 saturated heterocycles. The van der Waals surface area contributed by atoms with Gasteiger partial charge in [-0.1, -0.05) is 98.1 Å². The van der Waals surface area contributed by atoms with Crippen LogP contribution >= 0.6 is 0 Å². The fourth-order valence-electron chi connectivity index (χ4n) is 6.01. The molecule has 2 nitrogen and oxygen atoms in total. The van der Waals surface area contributed by atoms with Gasteiger partial charge >= 0.3 is 0 Å². The normalized spacial score (nSPS) is 11.3. The van der Waals surface area contributed by atoms with Gasteiger partial charge in [-0.3, -0.25) is 0 Å². The molecule has 6 aromatic rings. The zero-order chi connectivity index (χ0) is 29.2. The van der Waals surface area contributed by atoms with Crippen molar-refractivity contribution < 1.29 is 0 Å². The fourth-order valence-corrected chi connectivity index (χ4v) is 6.01. The van der Waals surface area contributed by atoms with E-state index in [0.29, 0.717) is 0 Å². The molecule has 7 rings (SSSR count). The lowest BCUT2D eigenvalue weighted by Gasteiger charge is -2.26. The van der Waals surface area contributed by atoms with E-state index < -0.39 is 0 Å². The van der Waals surface area contributed by atoms with Gasteiger partial charge in [0.1, 0.15) is 0 Å². The molecule has 0 radical (unpaired) electrons. The van der Waals surface area contributed by atoms with E-state index in [1.54, 1.807) is 0 Å². The van der Waals surface area contributed by atoms with Gasteiger partial charge in [0.2, 0.25) is 0 Å². The SMILES string of the molecule is C=Cc1ccc(N(c2ccccc2)c2ccc3c(c2)Cc2ccc(N(c4ccccc4)c4ccc(C=C)cc4)cc2-3)cc1. The summed E-state index contributed by atoms with van der Waals surface area (Å²) in [4.78, 5) is 4.65. The van der Waals surface area contributed by atoms with Crippen LogP contribution < -0.4 is 9.80 Å². The second kappa shape index (κ2) is 11.3. The summed E-state index contributed by atoms with van der Waals surface area (Å²) in [5.41, 5.74) is 14.3. The summed E-state index contributed by atoms with van der Waals surface area (Å²) in [7, 11) is 0. The standard InChI is InChI=1S/C41H32N2/c1-3-30-15-20-36(21-16-30)42(34-11-7-5-8-12-34)38-25-26-40-33(28-38)27-32-19-24-39(29-41(32)40)43(35-13-9-6-10-14-35)37-22-17-31(4-2)18-23-37/h3-26,28-29H,1-2,27H2. The average Bonchev–Trinajstić information content (AvgIpc) is 3.44. The van der Waals surface area contributed by atoms with Crippen molar-refractivity contribution in [3.05, 3.63) is 181 Å². The molecule has 43 heavy (non-hydrogen) atoms. The Bertz CT molecular complexity index is 1900. The molecule has 1 aliphatic carbocycles. The van der Waals surface area contributed by atoms with Gasteiger partial charge in [-0.05, 0) is 113 Å². The van der Waals surface area contributed by atoms with Crippen LogP contribution in [0.2, 0.25) is 0 Å². The van der Waals surface area contributed by atoms with Crippen molar-refractivity contribution in [3.8, 4) is 11.1 Å². The highest BCUT2D eigenvalue weighted by Crippen LogP contribution is 2.45. The first-order valence-electron chi connectivity index (χ1n) is 14.6. The fraction of sp³-hybridized carbons (Fsp3) is 0.0244. The zero-order valence-corrected chi connectivity index (χ0v) is 24.0. The van der Waals surface area contributed by atoms with Gasteiger partial charge in [-0.25, -0.2) is 0 Å². The summed E-state index contributed by atoms with van der Waals surface area (Å²) in [6, 6.07) is 52.0. The Hall–Kier alpha value is -5.60. The van der Waals surface area contributed by atoms with Crippen LogP contribution in [0, 0.1) is 0 Å². The van der Waals surface area contributed by atoms with Crippen molar-refractivity contribution in [3.63, 3.8) is 0 Å². The molecular weight excluding hydrogens is 520 g/mol. The first-order valence-corrected chi connectivity index (χ1v) is 14.6. The third-order valence-electron chi connectivity index (χ3n) is 8.17. The quantitative estimate of drug-likeness (QED) is 0.185. The predicted octanol–water partition coefficient (Wildman–Crippen LogP) is 11.5. The number of rotatable bonds is 8. The van der Waals surface area contributed by atoms with Gasteiger partial charge in [-0.15, -0.1) is 0 Å². The summed E-state index contributed by atoms with van der Waals surface area (Å²) >= 11 is 0. The minimum Gasteiger partial charge on any atom is -0.310 e. The Morgan fingerprint density at radius 3 is 1.35 bits per heavy atom. The Morgan fingerprint density at radius 1 is 0.395 bits per heavy atom. The first-order chi connectivity index (χ1) is 21.2. The molecule has 0 atom stereocenters. The largest absolute Gasteiger partial charge is 0.310 e. The van der Waals surface area contributed by atoms with E-state index in [1.165, 1.54) is 22.3 Å². The predicted molar refractivity (Wildman–Crippen MR) is 184 cm³/mol.